The first-order valence-electron chi connectivity index (χ1n) is 13.1. The molecule has 0 saturated carbocycles. The summed E-state index contributed by atoms with van der Waals surface area (Å²) in [6, 6.07) is 10.4. The summed E-state index contributed by atoms with van der Waals surface area (Å²) in [7, 11) is 2.85. The third kappa shape index (κ3) is 5.21. The van der Waals surface area contributed by atoms with E-state index in [2.05, 4.69) is 16.3 Å². The van der Waals surface area contributed by atoms with Gasteiger partial charge in [0, 0.05) is 17.8 Å². The zero-order valence-corrected chi connectivity index (χ0v) is 23.6. The van der Waals surface area contributed by atoms with E-state index in [0.29, 0.717) is 23.2 Å². The molecule has 1 atom stereocenters. The monoisotopic (exact) mass is 608 g/mol. The van der Waals surface area contributed by atoms with E-state index >= 15 is 0 Å². The number of aromatic nitrogens is 5. The molecule has 1 aliphatic heterocycles. The van der Waals surface area contributed by atoms with Crippen molar-refractivity contribution in [1.29, 1.82) is 5.26 Å². The van der Waals surface area contributed by atoms with Gasteiger partial charge in [0.25, 0.3) is 0 Å². The molecular weight excluding hydrogens is 583 g/mol. The van der Waals surface area contributed by atoms with Crippen molar-refractivity contribution in [2.45, 2.75) is 32.1 Å². The maximum absolute atomic E-state index is 13.6. The summed E-state index contributed by atoms with van der Waals surface area (Å²) in [5.74, 6) is -0.878. The van der Waals surface area contributed by atoms with Gasteiger partial charge >= 0.3 is 30.3 Å². The fraction of sp³-hybridized carbons (Fsp3) is 0.241. The van der Waals surface area contributed by atoms with Crippen molar-refractivity contribution >= 4 is 24.1 Å². The lowest BCUT2D eigenvalue weighted by molar-refractivity contribution is -0.699. The highest BCUT2D eigenvalue weighted by Crippen LogP contribution is 2.43. The number of H-pyrrole nitrogens is 1. The van der Waals surface area contributed by atoms with Crippen molar-refractivity contribution in [3.63, 3.8) is 0 Å². The Morgan fingerprint density at radius 3 is 2.70 bits per heavy atom. The van der Waals surface area contributed by atoms with Gasteiger partial charge < -0.3 is 9.47 Å². The standard InChI is InChI=1S/C29H24F3N7O5/c1-17-23(25(41)43-3)24(39-26(34-35-27(39)42)38(17)21-6-4-5-20(14-21)29(30,31)32)22-8-7-18(15-33)13-19(22)9-10-37-12-11-36(2)28(37)44-16-40/h4-8,11-14,16,24H,9-10H2,1-3H3/p+1/t24-/m1/s1. The maximum Gasteiger partial charge on any atom is 0.463 e. The second kappa shape index (κ2) is 11.6. The van der Waals surface area contributed by atoms with E-state index in [9.17, 15) is 32.8 Å². The number of anilines is 2. The number of alkyl halides is 3. The van der Waals surface area contributed by atoms with Gasteiger partial charge in [-0.05, 0) is 48.4 Å². The highest BCUT2D eigenvalue weighted by atomic mass is 19.4. The molecule has 1 N–H and O–H groups in total. The minimum atomic E-state index is -4.65. The first-order valence-corrected chi connectivity index (χ1v) is 13.1. The molecule has 1 aliphatic rings. The Labute approximate surface area is 247 Å². The van der Waals surface area contributed by atoms with Crippen molar-refractivity contribution in [1.82, 2.24) is 19.3 Å². The van der Waals surface area contributed by atoms with Crippen LogP contribution in [0.2, 0.25) is 0 Å². The number of aromatic amines is 1. The van der Waals surface area contributed by atoms with Gasteiger partial charge in [0.05, 0.1) is 43.5 Å². The molecule has 0 fully saturated rings. The quantitative estimate of drug-likeness (QED) is 0.183. The number of aryl methyl sites for hydroxylation is 3. The minimum Gasteiger partial charge on any atom is -0.466 e. The number of methoxy groups -OCH3 is 1. The Morgan fingerprint density at radius 1 is 1.25 bits per heavy atom. The number of nitriles is 1. The molecule has 3 heterocycles. The third-order valence-corrected chi connectivity index (χ3v) is 7.34. The predicted octanol–water partition coefficient (Wildman–Crippen LogP) is 3.05. The van der Waals surface area contributed by atoms with E-state index in [1.165, 1.54) is 34.6 Å². The van der Waals surface area contributed by atoms with Crippen LogP contribution < -0.4 is 19.9 Å². The molecule has 0 spiro atoms. The average Bonchev–Trinajstić information content (AvgIpc) is 3.56. The molecular formula is C29H25F3N7O5+. The molecule has 12 nitrogen and oxygen atoms in total. The van der Waals surface area contributed by atoms with Gasteiger partial charge in [-0.25, -0.2) is 19.3 Å². The summed E-state index contributed by atoms with van der Waals surface area (Å²) in [6.07, 6.45) is -0.998. The number of rotatable bonds is 8. The molecule has 0 unspecified atom stereocenters. The predicted molar refractivity (Wildman–Crippen MR) is 146 cm³/mol. The van der Waals surface area contributed by atoms with Crippen LogP contribution in [0.4, 0.5) is 24.8 Å². The summed E-state index contributed by atoms with van der Waals surface area (Å²) in [5.41, 5.74) is -0.153. The second-order valence-corrected chi connectivity index (χ2v) is 9.85. The Hall–Kier alpha value is -5.65. The van der Waals surface area contributed by atoms with Crippen LogP contribution in [0.3, 0.4) is 0 Å². The fourth-order valence-electron chi connectivity index (χ4n) is 5.35. The third-order valence-electron chi connectivity index (χ3n) is 7.34. The second-order valence-electron chi connectivity index (χ2n) is 9.85. The summed E-state index contributed by atoms with van der Waals surface area (Å²) < 4.78 is 55.5. The maximum atomic E-state index is 13.6. The van der Waals surface area contributed by atoms with Gasteiger partial charge in [-0.15, -0.1) is 5.10 Å². The lowest BCUT2D eigenvalue weighted by atomic mass is 9.89. The number of imidazole rings is 1. The number of carbonyl (C=O) groups is 2. The lowest BCUT2D eigenvalue weighted by Gasteiger charge is -2.36. The summed E-state index contributed by atoms with van der Waals surface area (Å²) in [4.78, 5) is 39.0. The van der Waals surface area contributed by atoms with Crippen LogP contribution in [0.25, 0.3) is 0 Å². The number of fused-ring (bicyclic) bond motifs is 1. The SMILES string of the molecule is COC(=O)C1=C(C)N(c2cccc(C(F)(F)F)c2)c2n[nH]c(=O)n2[C@@H]1c1ccc(C#N)cc1CC[n+]1ccn(C)c1OC=O. The van der Waals surface area contributed by atoms with Gasteiger partial charge in [0.1, 0.15) is 18.4 Å². The Bertz CT molecular complexity index is 1900. The molecule has 0 radical (unpaired) electrons. The molecule has 0 aliphatic carbocycles. The number of nitrogens with zero attached hydrogens (tertiary/aromatic N) is 6. The smallest absolute Gasteiger partial charge is 0.463 e. The number of halogens is 3. The highest BCUT2D eigenvalue weighted by molar-refractivity contribution is 5.93. The Morgan fingerprint density at radius 2 is 2.02 bits per heavy atom. The van der Waals surface area contributed by atoms with Crippen LogP contribution in [-0.4, -0.2) is 38.9 Å². The zero-order valence-electron chi connectivity index (χ0n) is 23.6. The molecule has 5 rings (SSSR count). The minimum absolute atomic E-state index is 0.0145. The lowest BCUT2D eigenvalue weighted by Crippen LogP contribution is -2.38. The van der Waals surface area contributed by atoms with Gasteiger partial charge in [-0.1, -0.05) is 12.1 Å². The molecule has 4 aromatic rings. The van der Waals surface area contributed by atoms with E-state index in [4.69, 9.17) is 9.47 Å². The van der Waals surface area contributed by atoms with E-state index in [-0.39, 0.29) is 41.9 Å². The summed E-state index contributed by atoms with van der Waals surface area (Å²) in [5, 5.41) is 16.1. The van der Waals surface area contributed by atoms with E-state index in [0.717, 1.165) is 19.2 Å². The topological polar surface area (TPSA) is 139 Å². The number of hydrogen-bond acceptors (Lipinski definition) is 8. The van der Waals surface area contributed by atoms with Crippen LogP contribution in [-0.2, 0) is 40.5 Å². The first-order chi connectivity index (χ1) is 21.0. The van der Waals surface area contributed by atoms with E-state index in [1.54, 1.807) is 40.7 Å². The molecule has 226 valence electrons. The molecule has 0 bridgehead atoms. The number of allylic oxidation sites excluding steroid dienone is 1. The fourth-order valence-corrected chi connectivity index (χ4v) is 5.35. The van der Waals surface area contributed by atoms with Crippen LogP contribution in [0.1, 0.15) is 35.2 Å². The summed E-state index contributed by atoms with van der Waals surface area (Å²) in [6.45, 7) is 2.10. The normalized spacial score (nSPS) is 14.7. The number of nitrogens with one attached hydrogen (secondary N) is 1. The van der Waals surface area contributed by atoms with Crippen molar-refractivity contribution in [2.24, 2.45) is 7.05 Å². The number of esters is 1. The van der Waals surface area contributed by atoms with Gasteiger partial charge in [-0.3, -0.25) is 9.69 Å². The Balaban J connectivity index is 1.70. The van der Waals surface area contributed by atoms with Crippen molar-refractivity contribution in [3.05, 3.63) is 98.9 Å². The molecule has 0 saturated heterocycles. The number of hydrogen-bond donors (Lipinski definition) is 1. The average molecular weight is 609 g/mol. The molecule has 15 heteroatoms. The largest absolute Gasteiger partial charge is 0.466 e. The van der Waals surface area contributed by atoms with Crippen LogP contribution in [0.5, 0.6) is 6.01 Å². The molecule has 2 aromatic heterocycles. The van der Waals surface area contributed by atoms with Gasteiger partial charge in [0.2, 0.25) is 5.95 Å². The molecule has 0 amide bonds. The highest BCUT2D eigenvalue weighted by Gasteiger charge is 2.41. The van der Waals surface area contributed by atoms with Crippen LogP contribution in [0.15, 0.2) is 70.9 Å². The first kappa shape index (κ1) is 29.8. The van der Waals surface area contributed by atoms with Crippen molar-refractivity contribution < 1.29 is 36.8 Å². The van der Waals surface area contributed by atoms with Crippen LogP contribution >= 0.6 is 0 Å². The zero-order chi connectivity index (χ0) is 31.8. The van der Waals surface area contributed by atoms with Crippen molar-refractivity contribution in [2.75, 3.05) is 12.0 Å². The molecule has 44 heavy (non-hydrogen) atoms. The van der Waals surface area contributed by atoms with E-state index in [1.807, 2.05) is 0 Å². The number of ether oxygens (including phenoxy) is 2. The van der Waals surface area contributed by atoms with Crippen molar-refractivity contribution in [3.8, 4) is 12.1 Å². The summed E-state index contributed by atoms with van der Waals surface area (Å²) >= 11 is 0. The molecule has 2 aromatic carbocycles. The number of carbonyl (C=O) groups excluding carboxylic acids is 2. The Kier molecular flexibility index (Phi) is 7.83. The van der Waals surface area contributed by atoms with Crippen LogP contribution in [0, 0.1) is 11.3 Å². The van der Waals surface area contributed by atoms with Gasteiger partial charge in [0.15, 0.2) is 0 Å². The number of benzene rings is 2. The van der Waals surface area contributed by atoms with Gasteiger partial charge in [-0.2, -0.15) is 27.6 Å². The van der Waals surface area contributed by atoms with E-state index < -0.39 is 29.4 Å².